The van der Waals surface area contributed by atoms with E-state index in [1.165, 1.54) is 12.0 Å². The Morgan fingerprint density at radius 1 is 1.27 bits per heavy atom. The zero-order chi connectivity index (χ0) is 16.5. The van der Waals surface area contributed by atoms with Crippen LogP contribution in [0.15, 0.2) is 18.2 Å². The van der Waals surface area contributed by atoms with Gasteiger partial charge in [-0.25, -0.2) is 4.79 Å². The Balaban J connectivity index is 2.32. The highest BCUT2D eigenvalue weighted by Gasteiger charge is 2.42. The van der Waals surface area contributed by atoms with Crippen LogP contribution < -0.4 is 10.3 Å². The second-order valence-electron chi connectivity index (χ2n) is 4.21. The van der Waals surface area contributed by atoms with Gasteiger partial charge in [-0.15, -0.1) is 0 Å². The molecule has 0 saturated carbocycles. The maximum Gasteiger partial charge on any atom is 0.350 e. The number of hydrogen-bond acceptors (Lipinski definition) is 4. The Hall–Kier alpha value is 0.210. The van der Waals surface area contributed by atoms with Gasteiger partial charge in [-0.05, 0) is 18.2 Å². The molecule has 0 bridgehead atoms. The van der Waals surface area contributed by atoms with Crippen molar-refractivity contribution in [2.24, 2.45) is 0 Å². The molecule has 2 amide bonds. The van der Waals surface area contributed by atoms with E-state index < -0.39 is 15.3 Å². The number of anilines is 1. The fraction of sp³-hybridized carbons (Fsp3) is 0.364. The molecule has 122 valence electrons. The number of carbonyl (C=O) groups is 1. The number of alkyl halides is 3. The molecule has 1 aromatic rings. The lowest BCUT2D eigenvalue weighted by molar-refractivity contribution is 0.166. The van der Waals surface area contributed by atoms with Gasteiger partial charge in [0.1, 0.15) is 6.17 Å². The van der Waals surface area contributed by atoms with Gasteiger partial charge in [-0.3, -0.25) is 4.90 Å². The molecule has 1 unspecified atom stereocenters. The van der Waals surface area contributed by atoms with Crippen molar-refractivity contribution < 1.29 is 9.53 Å². The molecule has 1 atom stereocenters. The minimum Gasteiger partial charge on any atom is -0.381 e. The minimum atomic E-state index is -1.69. The topological polar surface area (TPSA) is 44.8 Å². The monoisotopic (exact) mass is 423 g/mol. The van der Waals surface area contributed by atoms with Crippen molar-refractivity contribution in [3.63, 3.8) is 0 Å². The van der Waals surface area contributed by atoms with Crippen LogP contribution in [-0.2, 0) is 4.74 Å². The Kier molecular flexibility index (Phi) is 6.24. The van der Waals surface area contributed by atoms with Crippen LogP contribution in [0.3, 0.4) is 0 Å². The highest BCUT2D eigenvalue weighted by molar-refractivity contribution is 8.03. The molecule has 1 aliphatic heterocycles. The summed E-state index contributed by atoms with van der Waals surface area (Å²) in [7, 11) is 1.51. The number of nitrogens with zero attached hydrogens (tertiary/aromatic N) is 2. The van der Waals surface area contributed by atoms with Crippen molar-refractivity contribution >= 4 is 81.7 Å². The lowest BCUT2D eigenvalue weighted by Gasteiger charge is -2.22. The molecule has 11 heteroatoms. The largest absolute Gasteiger partial charge is 0.381 e. The highest BCUT2D eigenvalue weighted by Crippen LogP contribution is 2.42. The number of amides is 2. The van der Waals surface area contributed by atoms with Gasteiger partial charge in [0.05, 0.1) is 12.3 Å². The van der Waals surface area contributed by atoms with Crippen molar-refractivity contribution in [1.29, 1.82) is 0 Å². The molecular weight excluding hydrogens is 415 g/mol. The molecule has 1 heterocycles. The van der Waals surface area contributed by atoms with Crippen molar-refractivity contribution in [1.82, 2.24) is 9.84 Å². The molecule has 0 radical (unpaired) electrons. The fourth-order valence-corrected chi connectivity index (χ4v) is 3.57. The lowest BCUT2D eigenvalue weighted by Crippen LogP contribution is -2.41. The summed E-state index contributed by atoms with van der Waals surface area (Å²) in [6.07, 6.45) is -0.494. The average molecular weight is 426 g/mol. The molecule has 1 N–H and O–H groups in total. The summed E-state index contributed by atoms with van der Waals surface area (Å²) in [5, 5.41) is 0.804. The van der Waals surface area contributed by atoms with Crippen molar-refractivity contribution in [3.05, 3.63) is 28.2 Å². The van der Waals surface area contributed by atoms with Crippen LogP contribution in [0.25, 0.3) is 0 Å². The smallest absolute Gasteiger partial charge is 0.350 e. The minimum absolute atomic E-state index is 0.215. The molecule has 22 heavy (non-hydrogen) atoms. The van der Waals surface area contributed by atoms with Crippen LogP contribution in [0, 0.1) is 0 Å². The molecule has 5 nitrogen and oxygen atoms in total. The molecule has 2 rings (SSSR count). The predicted octanol–water partition coefficient (Wildman–Crippen LogP) is 4.69. The van der Waals surface area contributed by atoms with Gasteiger partial charge in [0.15, 0.2) is 0 Å². The molecular formula is C11H10Cl5N3O2S. The Bertz CT molecular complexity index is 551. The normalized spacial score (nSPS) is 19.2. The molecule has 1 saturated heterocycles. The van der Waals surface area contributed by atoms with Gasteiger partial charge in [0.2, 0.25) is 0 Å². The summed E-state index contributed by atoms with van der Waals surface area (Å²) >= 11 is 29.8. The van der Waals surface area contributed by atoms with Crippen LogP contribution in [-0.4, -0.2) is 33.5 Å². The Morgan fingerprint density at radius 3 is 2.36 bits per heavy atom. The fourth-order valence-electron chi connectivity index (χ4n) is 1.89. The number of methoxy groups -OCH3 is 1. The number of ether oxygens (including phenoxy) is 1. The van der Waals surface area contributed by atoms with Gasteiger partial charge in [0.25, 0.3) is 3.12 Å². The van der Waals surface area contributed by atoms with Gasteiger partial charge in [0, 0.05) is 29.1 Å². The third kappa shape index (κ3) is 4.61. The first kappa shape index (κ1) is 18.5. The summed E-state index contributed by atoms with van der Waals surface area (Å²) in [5.41, 5.74) is 3.40. The zero-order valence-electron chi connectivity index (χ0n) is 11.0. The summed E-state index contributed by atoms with van der Waals surface area (Å²) in [6.45, 7) is 0.215. The van der Waals surface area contributed by atoms with Crippen LogP contribution >= 0.6 is 70.0 Å². The molecule has 1 fully saturated rings. The number of benzene rings is 1. The van der Waals surface area contributed by atoms with E-state index in [0.717, 1.165) is 4.41 Å². The SMILES string of the molecule is COCC1NN(SC(Cl)(Cl)Cl)C(=O)N1c1cc(Cl)cc(Cl)c1. The van der Waals surface area contributed by atoms with Gasteiger partial charge >= 0.3 is 6.03 Å². The predicted molar refractivity (Wildman–Crippen MR) is 92.9 cm³/mol. The second kappa shape index (κ2) is 7.40. The molecule has 0 aliphatic carbocycles. The number of carbonyl (C=O) groups excluding carboxylic acids is 1. The first-order chi connectivity index (χ1) is 10.2. The summed E-state index contributed by atoms with van der Waals surface area (Å²) in [6, 6.07) is 4.36. The number of halogens is 5. The van der Waals surface area contributed by atoms with Gasteiger partial charge in [-0.2, -0.15) is 9.84 Å². The van der Waals surface area contributed by atoms with Crippen molar-refractivity contribution in [2.75, 3.05) is 18.6 Å². The van der Waals surface area contributed by atoms with E-state index in [2.05, 4.69) is 5.43 Å². The molecule has 1 aromatic carbocycles. The van der Waals surface area contributed by atoms with E-state index in [4.69, 9.17) is 62.7 Å². The maximum atomic E-state index is 12.5. The standard InChI is InChI=1S/C11H10Cl5N3O2S/c1-21-5-9-17-19(22-11(14,15)16)10(20)18(9)8-3-6(12)2-7(13)4-8/h2-4,9,17H,5H2,1H3. The Morgan fingerprint density at radius 2 is 1.86 bits per heavy atom. The molecule has 0 spiro atoms. The van der Waals surface area contributed by atoms with Gasteiger partial charge in [-0.1, -0.05) is 58.0 Å². The third-order valence-electron chi connectivity index (χ3n) is 2.60. The van der Waals surface area contributed by atoms with E-state index in [9.17, 15) is 4.79 Å². The second-order valence-corrected chi connectivity index (χ2v) is 9.20. The average Bonchev–Trinajstić information content (AvgIpc) is 2.63. The maximum absolute atomic E-state index is 12.5. The molecule has 0 aromatic heterocycles. The zero-order valence-corrected chi connectivity index (χ0v) is 15.6. The van der Waals surface area contributed by atoms with Crippen molar-refractivity contribution in [3.8, 4) is 0 Å². The number of nitrogens with one attached hydrogen (secondary N) is 1. The summed E-state index contributed by atoms with van der Waals surface area (Å²) < 4.78 is 4.55. The van der Waals surface area contributed by atoms with E-state index in [0.29, 0.717) is 27.7 Å². The lowest BCUT2D eigenvalue weighted by atomic mass is 10.3. The quantitative estimate of drug-likeness (QED) is 0.562. The van der Waals surface area contributed by atoms with E-state index in [-0.39, 0.29) is 6.61 Å². The van der Waals surface area contributed by atoms with Gasteiger partial charge < -0.3 is 4.74 Å². The molecule has 1 aliphatic rings. The number of hydrogen-bond donors (Lipinski definition) is 1. The highest BCUT2D eigenvalue weighted by atomic mass is 35.6. The van der Waals surface area contributed by atoms with Crippen molar-refractivity contribution in [2.45, 2.75) is 9.29 Å². The van der Waals surface area contributed by atoms with Crippen LogP contribution in [0.2, 0.25) is 10.0 Å². The third-order valence-corrected chi connectivity index (χ3v) is 4.31. The first-order valence-electron chi connectivity index (χ1n) is 5.81. The van der Waals surface area contributed by atoms with E-state index in [1.807, 2.05) is 0 Å². The van der Waals surface area contributed by atoms with E-state index in [1.54, 1.807) is 18.2 Å². The van der Waals surface area contributed by atoms with Crippen LogP contribution in [0.1, 0.15) is 0 Å². The summed E-state index contributed by atoms with van der Waals surface area (Å²) in [4.78, 5) is 14.0. The van der Waals surface area contributed by atoms with E-state index >= 15 is 0 Å². The number of urea groups is 1. The Labute approximate surface area is 156 Å². The number of hydrazine groups is 1. The first-order valence-corrected chi connectivity index (χ1v) is 8.48. The van der Waals surface area contributed by atoms with Crippen LogP contribution in [0.4, 0.5) is 10.5 Å². The summed E-state index contributed by atoms with van der Waals surface area (Å²) in [5.74, 6) is 0. The van der Waals surface area contributed by atoms with Crippen LogP contribution in [0.5, 0.6) is 0 Å². The number of rotatable bonds is 4.